The highest BCUT2D eigenvalue weighted by Crippen LogP contribution is 2.16. The van der Waals surface area contributed by atoms with Crippen molar-refractivity contribution in [2.75, 3.05) is 11.9 Å². The molecule has 0 aliphatic heterocycles. The third-order valence-corrected chi connectivity index (χ3v) is 3.40. The van der Waals surface area contributed by atoms with Gasteiger partial charge in [-0.2, -0.15) is 5.10 Å². The van der Waals surface area contributed by atoms with E-state index in [2.05, 4.69) is 15.7 Å². The van der Waals surface area contributed by atoms with Gasteiger partial charge in [-0.05, 0) is 30.0 Å². The number of hydrogen-bond acceptors (Lipinski definition) is 3. The van der Waals surface area contributed by atoms with Crippen LogP contribution in [0.1, 0.15) is 25.8 Å². The lowest BCUT2D eigenvalue weighted by molar-refractivity contribution is 0.148. The van der Waals surface area contributed by atoms with Gasteiger partial charge < -0.3 is 15.7 Å². The van der Waals surface area contributed by atoms with Gasteiger partial charge in [-0.1, -0.05) is 32.0 Å². The van der Waals surface area contributed by atoms with Crippen molar-refractivity contribution in [2.24, 2.45) is 5.92 Å². The average Bonchev–Trinajstić information content (AvgIpc) is 2.99. The van der Waals surface area contributed by atoms with Crippen molar-refractivity contribution >= 4 is 11.7 Å². The number of benzene rings is 1. The predicted molar refractivity (Wildman–Crippen MR) is 90.3 cm³/mol. The van der Waals surface area contributed by atoms with Crippen LogP contribution in [0.5, 0.6) is 0 Å². The molecule has 6 heteroatoms. The molecule has 0 saturated carbocycles. The quantitative estimate of drug-likeness (QED) is 0.734. The highest BCUT2D eigenvalue weighted by Gasteiger charge is 2.10. The fraction of sp³-hybridized carbons (Fsp3) is 0.412. The van der Waals surface area contributed by atoms with Gasteiger partial charge in [0.25, 0.3) is 0 Å². The summed E-state index contributed by atoms with van der Waals surface area (Å²) in [4.78, 5) is 12.0. The van der Waals surface area contributed by atoms with Gasteiger partial charge in [-0.3, -0.25) is 4.68 Å². The SMILES string of the molecule is CC(C)C[C@@H](O)CNC(=O)Nc1ccccc1Cn1cccn1. The van der Waals surface area contributed by atoms with E-state index in [1.165, 1.54) is 0 Å². The summed E-state index contributed by atoms with van der Waals surface area (Å²) in [6, 6.07) is 9.14. The minimum atomic E-state index is -0.528. The molecule has 3 N–H and O–H groups in total. The van der Waals surface area contributed by atoms with Crippen molar-refractivity contribution < 1.29 is 9.90 Å². The first kappa shape index (κ1) is 17.0. The maximum atomic E-state index is 12.0. The molecule has 6 nitrogen and oxygen atoms in total. The Morgan fingerprint density at radius 1 is 1.30 bits per heavy atom. The van der Waals surface area contributed by atoms with Crippen molar-refractivity contribution in [1.29, 1.82) is 0 Å². The number of anilines is 1. The summed E-state index contributed by atoms with van der Waals surface area (Å²) >= 11 is 0. The van der Waals surface area contributed by atoms with Gasteiger partial charge in [-0.15, -0.1) is 0 Å². The number of aliphatic hydroxyl groups excluding tert-OH is 1. The second-order valence-electron chi connectivity index (χ2n) is 5.98. The topological polar surface area (TPSA) is 79.2 Å². The first-order valence-electron chi connectivity index (χ1n) is 7.83. The monoisotopic (exact) mass is 316 g/mol. The van der Waals surface area contributed by atoms with Crippen LogP contribution in [-0.2, 0) is 6.54 Å². The van der Waals surface area contributed by atoms with Crippen LogP contribution < -0.4 is 10.6 Å². The number of para-hydroxylation sites is 1. The Bertz CT molecular complexity index is 611. The van der Waals surface area contributed by atoms with E-state index >= 15 is 0 Å². The Kier molecular flexibility index (Phi) is 6.17. The third kappa shape index (κ3) is 5.75. The number of hydrogen-bond donors (Lipinski definition) is 3. The molecule has 0 radical (unpaired) electrons. The number of nitrogens with one attached hydrogen (secondary N) is 2. The molecule has 1 aromatic carbocycles. The molecule has 1 atom stereocenters. The maximum absolute atomic E-state index is 12.0. The number of urea groups is 1. The van der Waals surface area contributed by atoms with Crippen LogP contribution in [-0.4, -0.2) is 33.6 Å². The van der Waals surface area contributed by atoms with Gasteiger partial charge in [0.2, 0.25) is 0 Å². The van der Waals surface area contributed by atoms with Crippen LogP contribution in [0.15, 0.2) is 42.7 Å². The lowest BCUT2D eigenvalue weighted by Crippen LogP contribution is -2.36. The van der Waals surface area contributed by atoms with E-state index in [1.54, 1.807) is 10.9 Å². The zero-order valence-corrected chi connectivity index (χ0v) is 13.6. The number of nitrogens with zero attached hydrogens (tertiary/aromatic N) is 2. The van der Waals surface area contributed by atoms with Crippen LogP contribution in [0, 0.1) is 5.92 Å². The standard InChI is InChI=1S/C17H24N4O2/c1-13(2)10-15(22)11-18-17(23)20-16-7-4-3-6-14(16)12-21-9-5-8-19-21/h3-9,13,15,22H,10-12H2,1-2H3,(H2,18,20,23)/t15-/m1/s1. The summed E-state index contributed by atoms with van der Waals surface area (Å²) in [6.45, 7) is 4.90. The average molecular weight is 316 g/mol. The molecule has 2 aromatic rings. The van der Waals surface area contributed by atoms with Crippen LogP contribution in [0.25, 0.3) is 0 Å². The smallest absolute Gasteiger partial charge is 0.319 e. The van der Waals surface area contributed by atoms with Gasteiger partial charge in [0.15, 0.2) is 0 Å². The molecule has 0 spiro atoms. The van der Waals surface area contributed by atoms with E-state index in [4.69, 9.17) is 0 Å². The van der Waals surface area contributed by atoms with Crippen molar-refractivity contribution in [1.82, 2.24) is 15.1 Å². The molecule has 0 unspecified atom stereocenters. The molecule has 0 aliphatic rings. The lowest BCUT2D eigenvalue weighted by Gasteiger charge is -2.15. The zero-order valence-electron chi connectivity index (χ0n) is 13.6. The Morgan fingerprint density at radius 2 is 2.09 bits per heavy atom. The first-order chi connectivity index (χ1) is 11.0. The van der Waals surface area contributed by atoms with Crippen LogP contribution in [0.4, 0.5) is 10.5 Å². The van der Waals surface area contributed by atoms with Crippen molar-refractivity contribution in [2.45, 2.75) is 32.9 Å². The molecular weight excluding hydrogens is 292 g/mol. The summed E-state index contributed by atoms with van der Waals surface area (Å²) in [7, 11) is 0. The summed E-state index contributed by atoms with van der Waals surface area (Å²) in [5, 5.41) is 19.5. The zero-order chi connectivity index (χ0) is 16.7. The Morgan fingerprint density at radius 3 is 2.78 bits per heavy atom. The lowest BCUT2D eigenvalue weighted by atomic mass is 10.1. The molecule has 23 heavy (non-hydrogen) atoms. The number of aromatic nitrogens is 2. The minimum absolute atomic E-state index is 0.241. The van der Waals surface area contributed by atoms with E-state index in [0.717, 1.165) is 11.3 Å². The second-order valence-corrected chi connectivity index (χ2v) is 5.98. The van der Waals surface area contributed by atoms with E-state index < -0.39 is 6.10 Å². The summed E-state index contributed by atoms with van der Waals surface area (Å²) < 4.78 is 1.80. The maximum Gasteiger partial charge on any atom is 0.319 e. The fourth-order valence-corrected chi connectivity index (χ4v) is 2.35. The van der Waals surface area contributed by atoms with Crippen LogP contribution in [0.3, 0.4) is 0 Å². The molecule has 0 bridgehead atoms. The van der Waals surface area contributed by atoms with Gasteiger partial charge in [-0.25, -0.2) is 4.79 Å². The normalized spacial score (nSPS) is 12.2. The van der Waals surface area contributed by atoms with Gasteiger partial charge in [0, 0.05) is 24.6 Å². The fourth-order valence-electron chi connectivity index (χ4n) is 2.35. The van der Waals surface area contributed by atoms with Gasteiger partial charge in [0.05, 0.1) is 12.6 Å². The molecule has 0 fully saturated rings. The third-order valence-electron chi connectivity index (χ3n) is 3.40. The molecule has 1 aromatic heterocycles. The molecule has 124 valence electrons. The highest BCUT2D eigenvalue weighted by molar-refractivity contribution is 5.90. The van der Waals surface area contributed by atoms with Gasteiger partial charge >= 0.3 is 6.03 Å². The van der Waals surface area contributed by atoms with Crippen molar-refractivity contribution in [3.05, 3.63) is 48.3 Å². The van der Waals surface area contributed by atoms with Crippen LogP contribution in [0.2, 0.25) is 0 Å². The van der Waals surface area contributed by atoms with Crippen molar-refractivity contribution in [3.8, 4) is 0 Å². The predicted octanol–water partition coefficient (Wildman–Crippen LogP) is 2.46. The molecule has 2 amide bonds. The highest BCUT2D eigenvalue weighted by atomic mass is 16.3. The van der Waals surface area contributed by atoms with E-state index in [-0.39, 0.29) is 12.6 Å². The molecule has 1 heterocycles. The number of aliphatic hydroxyl groups is 1. The number of rotatable bonds is 7. The van der Waals surface area contributed by atoms with E-state index in [1.807, 2.05) is 50.4 Å². The number of carbonyl (C=O) groups is 1. The van der Waals surface area contributed by atoms with E-state index in [9.17, 15) is 9.90 Å². The Labute approximate surface area is 136 Å². The summed E-state index contributed by atoms with van der Waals surface area (Å²) in [5.41, 5.74) is 1.70. The molecular formula is C17H24N4O2. The first-order valence-corrected chi connectivity index (χ1v) is 7.83. The largest absolute Gasteiger partial charge is 0.391 e. The van der Waals surface area contributed by atoms with Crippen LogP contribution >= 0.6 is 0 Å². The minimum Gasteiger partial charge on any atom is -0.391 e. The van der Waals surface area contributed by atoms with Crippen molar-refractivity contribution in [3.63, 3.8) is 0 Å². The number of carbonyl (C=O) groups excluding carboxylic acids is 1. The molecule has 2 rings (SSSR count). The second kappa shape index (κ2) is 8.33. The molecule has 0 saturated heterocycles. The summed E-state index contributed by atoms with van der Waals surface area (Å²) in [6.07, 6.45) is 3.73. The van der Waals surface area contributed by atoms with E-state index in [0.29, 0.717) is 18.9 Å². The molecule has 0 aliphatic carbocycles. The Hall–Kier alpha value is -2.34. The number of amides is 2. The Balaban J connectivity index is 1.90. The summed E-state index contributed by atoms with van der Waals surface area (Å²) in [5.74, 6) is 0.393. The van der Waals surface area contributed by atoms with Gasteiger partial charge in [0.1, 0.15) is 0 Å².